The number of Topliss-reactive ketones (excluding diaryl/α,β-unsaturated/α-hetero) is 1. The molecule has 0 saturated carbocycles. The zero-order chi connectivity index (χ0) is 26.3. The minimum Gasteiger partial charge on any atom is -0.388 e. The number of morpholine rings is 1. The predicted molar refractivity (Wildman–Crippen MR) is 136 cm³/mol. The highest BCUT2D eigenvalue weighted by Gasteiger charge is 2.46. The fraction of sp³-hybridized carbons (Fsp3) is 0.393. The van der Waals surface area contributed by atoms with Gasteiger partial charge in [0, 0.05) is 50.4 Å². The van der Waals surface area contributed by atoms with Gasteiger partial charge in [0.15, 0.2) is 11.3 Å². The molecule has 0 aromatic heterocycles. The molecular weight excluding hydrogens is 458 g/mol. The average Bonchev–Trinajstić information content (AvgIpc) is 2.90. The highest BCUT2D eigenvalue weighted by atomic mass is 16.5. The van der Waals surface area contributed by atoms with Crippen molar-refractivity contribution in [2.75, 3.05) is 40.4 Å². The van der Waals surface area contributed by atoms with Crippen molar-refractivity contribution in [3.8, 4) is 11.8 Å². The van der Waals surface area contributed by atoms with Crippen molar-refractivity contribution in [2.24, 2.45) is 0 Å². The summed E-state index contributed by atoms with van der Waals surface area (Å²) in [5, 5.41) is 11.7. The fourth-order valence-electron chi connectivity index (χ4n) is 4.09. The zero-order valence-corrected chi connectivity index (χ0v) is 21.2. The first-order valence-corrected chi connectivity index (χ1v) is 11.9. The van der Waals surface area contributed by atoms with Crippen molar-refractivity contribution in [1.82, 2.24) is 15.1 Å². The summed E-state index contributed by atoms with van der Waals surface area (Å²) in [7, 11) is 2.73. The van der Waals surface area contributed by atoms with Gasteiger partial charge in [-0.05, 0) is 55.8 Å². The Bertz CT molecular complexity index is 1130. The van der Waals surface area contributed by atoms with E-state index in [1.165, 1.54) is 26.6 Å². The Morgan fingerprint density at radius 2 is 1.69 bits per heavy atom. The van der Waals surface area contributed by atoms with E-state index in [1.54, 1.807) is 24.3 Å². The van der Waals surface area contributed by atoms with Gasteiger partial charge in [0.2, 0.25) is 0 Å². The number of likely N-dealkylation sites (N-methyl/N-ethyl adjacent to an activating group) is 2. The first-order chi connectivity index (χ1) is 17.2. The van der Waals surface area contributed by atoms with Crippen LogP contribution in [-0.4, -0.2) is 84.5 Å². The van der Waals surface area contributed by atoms with E-state index in [0.29, 0.717) is 5.56 Å². The molecule has 2 N–H and O–H groups in total. The van der Waals surface area contributed by atoms with E-state index in [1.807, 2.05) is 12.1 Å². The molecule has 1 unspecified atom stereocenters. The molecule has 2 amide bonds. The van der Waals surface area contributed by atoms with E-state index in [-0.39, 0.29) is 6.10 Å². The molecule has 1 saturated heterocycles. The molecule has 0 bridgehead atoms. The molecule has 2 aromatic carbocycles. The second-order valence-electron chi connectivity index (χ2n) is 9.04. The van der Waals surface area contributed by atoms with Crippen molar-refractivity contribution >= 4 is 17.6 Å². The van der Waals surface area contributed by atoms with Crippen LogP contribution >= 0.6 is 0 Å². The summed E-state index contributed by atoms with van der Waals surface area (Å²) >= 11 is 0. The third-order valence-electron chi connectivity index (χ3n) is 6.50. The van der Waals surface area contributed by atoms with Crippen LogP contribution in [0.2, 0.25) is 0 Å². The van der Waals surface area contributed by atoms with Crippen LogP contribution in [0.3, 0.4) is 0 Å². The van der Waals surface area contributed by atoms with Gasteiger partial charge in [-0.3, -0.25) is 19.3 Å². The number of rotatable bonds is 7. The number of carbonyl (C=O) groups excluding carboxylic acids is 3. The van der Waals surface area contributed by atoms with Crippen molar-refractivity contribution < 1.29 is 24.2 Å². The summed E-state index contributed by atoms with van der Waals surface area (Å²) in [5.41, 5.74) is 1.31. The second kappa shape index (κ2) is 12.0. The van der Waals surface area contributed by atoms with Gasteiger partial charge in [0.05, 0.1) is 12.7 Å². The van der Waals surface area contributed by atoms with E-state index in [4.69, 9.17) is 4.74 Å². The molecule has 0 aliphatic carbocycles. The topological polar surface area (TPSA) is 99.2 Å². The number of ether oxygens (including phenoxy) is 1. The van der Waals surface area contributed by atoms with Crippen LogP contribution in [0.4, 0.5) is 0 Å². The minimum atomic E-state index is -1.83. The van der Waals surface area contributed by atoms with Crippen LogP contribution < -0.4 is 5.32 Å². The van der Waals surface area contributed by atoms with E-state index < -0.39 is 29.7 Å². The molecule has 1 aliphatic heterocycles. The maximum absolute atomic E-state index is 13.0. The van der Waals surface area contributed by atoms with Crippen molar-refractivity contribution in [1.29, 1.82) is 0 Å². The van der Waals surface area contributed by atoms with Crippen molar-refractivity contribution in [3.05, 3.63) is 70.8 Å². The molecule has 1 heterocycles. The molecule has 8 nitrogen and oxygen atoms in total. The number of nitrogens with zero attached hydrogens (tertiary/aromatic N) is 2. The van der Waals surface area contributed by atoms with Crippen molar-refractivity contribution in [2.45, 2.75) is 32.0 Å². The summed E-state index contributed by atoms with van der Waals surface area (Å²) in [4.78, 5) is 41.1. The van der Waals surface area contributed by atoms with Gasteiger partial charge in [0.1, 0.15) is 6.61 Å². The van der Waals surface area contributed by atoms with Gasteiger partial charge in [-0.25, -0.2) is 0 Å². The first kappa shape index (κ1) is 27.1. The number of hydrogen-bond acceptors (Lipinski definition) is 6. The first-order valence-electron chi connectivity index (χ1n) is 11.9. The summed E-state index contributed by atoms with van der Waals surface area (Å²) in [6.45, 7) is 6.05. The summed E-state index contributed by atoms with van der Waals surface area (Å²) in [6.07, 6.45) is 0.259. The molecule has 190 valence electrons. The number of aliphatic hydroxyl groups is 1. The maximum atomic E-state index is 13.0. The molecule has 36 heavy (non-hydrogen) atoms. The van der Waals surface area contributed by atoms with E-state index >= 15 is 0 Å². The second-order valence-corrected chi connectivity index (χ2v) is 9.04. The van der Waals surface area contributed by atoms with E-state index in [2.05, 4.69) is 41.1 Å². The van der Waals surface area contributed by atoms with Crippen LogP contribution in [0.15, 0.2) is 48.5 Å². The molecule has 3 rings (SSSR count). The Labute approximate surface area is 212 Å². The monoisotopic (exact) mass is 491 g/mol. The van der Waals surface area contributed by atoms with Gasteiger partial charge in [-0.1, -0.05) is 24.0 Å². The number of hydrogen-bond donors (Lipinski definition) is 2. The van der Waals surface area contributed by atoms with Crippen LogP contribution in [0.5, 0.6) is 0 Å². The number of benzene rings is 2. The predicted octanol–water partition coefficient (Wildman–Crippen LogP) is 1.45. The molecule has 1 fully saturated rings. The highest BCUT2D eigenvalue weighted by Crippen LogP contribution is 2.19. The third kappa shape index (κ3) is 6.18. The lowest BCUT2D eigenvalue weighted by molar-refractivity contribution is -0.143. The van der Waals surface area contributed by atoms with Gasteiger partial charge >= 0.3 is 0 Å². The normalized spacial score (nSPS) is 17.3. The van der Waals surface area contributed by atoms with Crippen LogP contribution in [0.1, 0.15) is 40.9 Å². The molecule has 2 aromatic rings. The quantitative estimate of drug-likeness (QED) is 0.449. The van der Waals surface area contributed by atoms with Crippen LogP contribution in [0, 0.1) is 11.8 Å². The standard InChI is InChI=1S/C28H33N3O5/c1-20-17-31(15-16-36-20)18-23-9-7-21(8-10-23)5-6-22-11-13-24(14-12-22)26(34)30(4)28(2,25(33)19-32)27(35)29-3/h7-14,20,32H,15-19H2,1-4H3,(H,29,35)/t20?,28-/m1/s1. The SMILES string of the molecule is CNC(=O)[C@@](C)(C(=O)CO)N(C)C(=O)c1ccc(C#Cc2ccc(CN3CCOC(C)C3)cc2)cc1. The number of aliphatic hydroxyl groups excluding tert-OH is 1. The Morgan fingerprint density at radius 3 is 2.22 bits per heavy atom. The summed E-state index contributed by atoms with van der Waals surface area (Å²) < 4.78 is 5.59. The highest BCUT2D eigenvalue weighted by molar-refractivity contribution is 6.14. The van der Waals surface area contributed by atoms with Gasteiger partial charge in [0.25, 0.3) is 11.8 Å². The molecule has 8 heteroatoms. The molecule has 1 aliphatic rings. The minimum absolute atomic E-state index is 0.259. The lowest BCUT2D eigenvalue weighted by Gasteiger charge is -2.35. The number of amides is 2. The lowest BCUT2D eigenvalue weighted by Crippen LogP contribution is -2.62. The fourth-order valence-corrected chi connectivity index (χ4v) is 4.09. The number of ketones is 1. The van der Waals surface area contributed by atoms with Crippen LogP contribution in [-0.2, 0) is 20.9 Å². The lowest BCUT2D eigenvalue weighted by atomic mass is 9.92. The molecule has 0 radical (unpaired) electrons. The van der Waals surface area contributed by atoms with Crippen molar-refractivity contribution in [3.63, 3.8) is 0 Å². The van der Waals surface area contributed by atoms with E-state index in [9.17, 15) is 19.5 Å². The average molecular weight is 492 g/mol. The van der Waals surface area contributed by atoms with Gasteiger partial charge in [-0.15, -0.1) is 0 Å². The Hall–Kier alpha value is -3.51. The molecular formula is C28H33N3O5. The number of nitrogens with one attached hydrogen (secondary N) is 1. The van der Waals surface area contributed by atoms with Gasteiger partial charge in [-0.2, -0.15) is 0 Å². The molecule has 2 atom stereocenters. The third-order valence-corrected chi connectivity index (χ3v) is 6.50. The molecule has 0 spiro atoms. The smallest absolute Gasteiger partial charge is 0.254 e. The summed E-state index contributed by atoms with van der Waals surface area (Å²) in [5.74, 6) is 4.26. The Morgan fingerprint density at radius 1 is 1.11 bits per heavy atom. The van der Waals surface area contributed by atoms with E-state index in [0.717, 1.165) is 42.3 Å². The summed E-state index contributed by atoms with van der Waals surface area (Å²) in [6, 6.07) is 14.8. The van der Waals surface area contributed by atoms with Gasteiger partial charge < -0.3 is 20.1 Å². The zero-order valence-electron chi connectivity index (χ0n) is 21.2. The Balaban J connectivity index is 1.67. The number of carbonyl (C=O) groups is 3. The Kier molecular flexibility index (Phi) is 8.99. The van der Waals surface area contributed by atoms with Crippen LogP contribution in [0.25, 0.3) is 0 Å². The largest absolute Gasteiger partial charge is 0.388 e. The maximum Gasteiger partial charge on any atom is 0.254 e.